The molecular weight excluding hydrogens is 1100 g/mol. The van der Waals surface area contributed by atoms with Gasteiger partial charge in [-0.25, -0.2) is 0 Å². The van der Waals surface area contributed by atoms with Gasteiger partial charge < -0.3 is 27.9 Å². The second-order valence-corrected chi connectivity index (χ2v) is 27.3. The summed E-state index contributed by atoms with van der Waals surface area (Å²) in [6, 6.07) is 0. The number of quaternary nitrogens is 1. The molecule has 506 valence electrons. The molecule has 87 heavy (non-hydrogen) atoms. The molecule has 2 unspecified atom stereocenters. The molecule has 0 aliphatic carbocycles. The van der Waals surface area contributed by atoms with E-state index in [-0.39, 0.29) is 26.1 Å². The quantitative estimate of drug-likeness (QED) is 0.0195. The average Bonchev–Trinajstić information content (AvgIpc) is 3.68. The van der Waals surface area contributed by atoms with Gasteiger partial charge in [0.25, 0.3) is 7.82 Å². The predicted molar refractivity (Wildman–Crippen MR) is 374 cm³/mol. The van der Waals surface area contributed by atoms with Gasteiger partial charge in [0, 0.05) is 12.8 Å². The Bertz CT molecular complexity index is 1740. The van der Waals surface area contributed by atoms with E-state index in [0.717, 1.165) is 64.2 Å². The average molecular weight is 1240 g/mol. The Morgan fingerprint density at radius 1 is 0.368 bits per heavy atom. The van der Waals surface area contributed by atoms with Crippen LogP contribution in [0.3, 0.4) is 0 Å². The zero-order valence-electron chi connectivity index (χ0n) is 57.7. The molecule has 0 aromatic heterocycles. The summed E-state index contributed by atoms with van der Waals surface area (Å²) in [5.74, 6) is -0.895. The number of ether oxygens (including phenoxy) is 2. The van der Waals surface area contributed by atoms with Crippen LogP contribution in [0.5, 0.6) is 0 Å². The van der Waals surface area contributed by atoms with E-state index in [2.05, 4.69) is 92.8 Å². The van der Waals surface area contributed by atoms with Gasteiger partial charge in [-0.1, -0.05) is 349 Å². The first-order valence-corrected chi connectivity index (χ1v) is 38.3. The van der Waals surface area contributed by atoms with Crippen LogP contribution in [0.15, 0.2) is 85.1 Å². The highest BCUT2D eigenvalue weighted by molar-refractivity contribution is 7.45. The zero-order chi connectivity index (χ0) is 63.4. The lowest BCUT2D eigenvalue weighted by Crippen LogP contribution is -2.37. The van der Waals surface area contributed by atoms with E-state index in [4.69, 9.17) is 18.5 Å². The number of rotatable bonds is 68. The molecule has 0 aromatic rings. The van der Waals surface area contributed by atoms with E-state index >= 15 is 0 Å². The molecule has 2 atom stereocenters. The molecule has 0 spiro atoms. The van der Waals surface area contributed by atoms with Crippen molar-refractivity contribution in [1.82, 2.24) is 0 Å². The molecule has 0 heterocycles. The van der Waals surface area contributed by atoms with Gasteiger partial charge in [0.2, 0.25) is 0 Å². The number of hydrogen-bond donors (Lipinski definition) is 0. The topological polar surface area (TPSA) is 111 Å². The van der Waals surface area contributed by atoms with E-state index < -0.39 is 32.5 Å². The van der Waals surface area contributed by atoms with Crippen molar-refractivity contribution in [1.29, 1.82) is 0 Å². The molecule has 0 aromatic carbocycles. The molecule has 10 heteroatoms. The van der Waals surface area contributed by atoms with E-state index in [1.807, 2.05) is 27.2 Å². The van der Waals surface area contributed by atoms with E-state index in [1.54, 1.807) is 0 Å². The first-order valence-electron chi connectivity index (χ1n) is 36.8. The van der Waals surface area contributed by atoms with Gasteiger partial charge in [0.15, 0.2) is 6.10 Å². The molecule has 0 aliphatic rings. The highest BCUT2D eigenvalue weighted by Gasteiger charge is 2.22. The van der Waals surface area contributed by atoms with Crippen molar-refractivity contribution in [3.63, 3.8) is 0 Å². The lowest BCUT2D eigenvalue weighted by atomic mass is 10.0. The highest BCUT2D eigenvalue weighted by atomic mass is 31.2. The van der Waals surface area contributed by atoms with Gasteiger partial charge in [-0.3, -0.25) is 14.2 Å². The molecule has 0 fully saturated rings. The summed E-state index contributed by atoms with van der Waals surface area (Å²) in [7, 11) is 1.13. The molecule has 9 nitrogen and oxygen atoms in total. The van der Waals surface area contributed by atoms with Gasteiger partial charge in [0.05, 0.1) is 27.7 Å². The van der Waals surface area contributed by atoms with E-state index in [9.17, 15) is 19.0 Å². The zero-order valence-corrected chi connectivity index (χ0v) is 58.6. The third-order valence-corrected chi connectivity index (χ3v) is 17.1. The Labute approximate surface area is 539 Å². The summed E-state index contributed by atoms with van der Waals surface area (Å²) >= 11 is 0. The Balaban J connectivity index is 3.96. The highest BCUT2D eigenvalue weighted by Crippen LogP contribution is 2.38. The molecular formula is C77H140NO8P. The van der Waals surface area contributed by atoms with Crippen LogP contribution in [-0.2, 0) is 32.7 Å². The summed E-state index contributed by atoms with van der Waals surface area (Å²) < 4.78 is 34.2. The second-order valence-electron chi connectivity index (χ2n) is 25.9. The Kier molecular flexibility index (Phi) is 65.4. The Morgan fingerprint density at radius 3 is 0.966 bits per heavy atom. The lowest BCUT2D eigenvalue weighted by molar-refractivity contribution is -0.870. The molecule has 0 N–H and O–H groups in total. The van der Waals surface area contributed by atoms with Crippen molar-refractivity contribution in [3.05, 3.63) is 85.1 Å². The second kappa shape index (κ2) is 67.6. The Morgan fingerprint density at radius 2 is 0.655 bits per heavy atom. The molecule has 0 saturated heterocycles. The lowest BCUT2D eigenvalue weighted by Gasteiger charge is -2.28. The van der Waals surface area contributed by atoms with Gasteiger partial charge in [-0.05, 0) is 64.2 Å². The van der Waals surface area contributed by atoms with Crippen LogP contribution in [0, 0.1) is 0 Å². The van der Waals surface area contributed by atoms with Gasteiger partial charge in [-0.2, -0.15) is 0 Å². The largest absolute Gasteiger partial charge is 0.756 e. The number of esters is 2. The minimum Gasteiger partial charge on any atom is -0.756 e. The van der Waals surface area contributed by atoms with Crippen LogP contribution in [0.4, 0.5) is 0 Å². The van der Waals surface area contributed by atoms with Crippen molar-refractivity contribution in [2.45, 2.75) is 347 Å². The first kappa shape index (κ1) is 84.2. The van der Waals surface area contributed by atoms with Crippen LogP contribution in [0.25, 0.3) is 0 Å². The molecule has 0 radical (unpaired) electrons. The van der Waals surface area contributed by atoms with Crippen molar-refractivity contribution >= 4 is 19.8 Å². The molecule has 0 rings (SSSR count). The van der Waals surface area contributed by atoms with Crippen molar-refractivity contribution in [2.24, 2.45) is 0 Å². The minimum atomic E-state index is -4.66. The third kappa shape index (κ3) is 72.1. The maximum Gasteiger partial charge on any atom is 0.306 e. The summed E-state index contributed by atoms with van der Waals surface area (Å²) in [4.78, 5) is 38.0. The van der Waals surface area contributed by atoms with Crippen molar-refractivity contribution in [3.8, 4) is 0 Å². The van der Waals surface area contributed by atoms with Gasteiger partial charge in [0.1, 0.15) is 19.8 Å². The van der Waals surface area contributed by atoms with E-state index in [0.29, 0.717) is 23.9 Å². The van der Waals surface area contributed by atoms with E-state index in [1.165, 1.54) is 238 Å². The predicted octanol–water partition coefficient (Wildman–Crippen LogP) is 23.5. The molecule has 0 saturated carbocycles. The van der Waals surface area contributed by atoms with Crippen LogP contribution in [0.2, 0.25) is 0 Å². The number of likely N-dealkylation sites (N-methyl/N-ethyl adjacent to an activating group) is 1. The third-order valence-electron chi connectivity index (χ3n) is 16.2. The number of carbonyl (C=O) groups excluding carboxylic acids is 2. The summed E-state index contributed by atoms with van der Waals surface area (Å²) in [6.07, 6.45) is 92.9. The molecule has 0 aliphatic heterocycles. The minimum absolute atomic E-state index is 0.0445. The fourth-order valence-electron chi connectivity index (χ4n) is 10.6. The van der Waals surface area contributed by atoms with Crippen molar-refractivity contribution in [2.75, 3.05) is 47.5 Å². The monoisotopic (exact) mass is 1240 g/mol. The number of allylic oxidation sites excluding steroid dienone is 14. The van der Waals surface area contributed by atoms with Gasteiger partial charge >= 0.3 is 11.9 Å². The SMILES string of the molecule is CC/C=C\C/C=C\C/C=C\C/C=C\C/C=C\C/C=C\C/C=C\CCCC(=O)OC(COC(=O)CCCCCCCCCCCCCCCCCCCCCCCCCCCCCCCCCCCCCCCCCC)COP(=O)([O-])OCC[N+](C)(C)C. The summed E-state index contributed by atoms with van der Waals surface area (Å²) in [6.45, 7) is 4.10. The number of phosphoric ester groups is 1. The van der Waals surface area contributed by atoms with Crippen LogP contribution in [-0.4, -0.2) is 70.0 Å². The standard InChI is InChI=1S/C77H140NO8P/c1-6-8-10-12-14-16-18-20-22-24-26-28-30-31-32-33-34-35-36-37-38-39-40-41-42-43-44-45-46-48-49-51-53-55-57-59-61-63-65-67-69-76(79)83-73-75(74-85-87(81,82)84-72-71-78(3,4)5)86-77(80)70-68-66-64-62-60-58-56-54-52-50-47-29-27-25-23-21-19-17-15-13-11-9-7-2/h9,11,15,17,21,23,27,29,50,52,56,58,62,64,75H,6-8,10,12-14,16,18-20,22,24-26,28,30-49,51,53-55,57,59-61,63,65-74H2,1-5H3/b11-9-,17-15-,23-21-,29-27-,52-50-,58-56-,64-62-. The van der Waals surface area contributed by atoms with Crippen molar-refractivity contribution < 1.29 is 42.1 Å². The molecule has 0 amide bonds. The van der Waals surface area contributed by atoms with Gasteiger partial charge in [-0.15, -0.1) is 0 Å². The maximum atomic E-state index is 12.8. The number of nitrogens with zero attached hydrogens (tertiary/aromatic N) is 1. The number of unbranched alkanes of at least 4 members (excludes halogenated alkanes) is 40. The summed E-state index contributed by atoms with van der Waals surface area (Å²) in [5, 5.41) is 0. The fraction of sp³-hybridized carbons (Fsp3) is 0.792. The number of phosphoric acid groups is 1. The first-order chi connectivity index (χ1) is 42.5. The smallest absolute Gasteiger partial charge is 0.306 e. The maximum absolute atomic E-state index is 12.8. The van der Waals surface area contributed by atoms with Crippen LogP contribution >= 0.6 is 7.82 Å². The van der Waals surface area contributed by atoms with Crippen LogP contribution in [0.1, 0.15) is 341 Å². The number of hydrogen-bond acceptors (Lipinski definition) is 8. The fourth-order valence-corrected chi connectivity index (χ4v) is 11.3. The number of carbonyl (C=O) groups is 2. The van der Waals surface area contributed by atoms with Crippen LogP contribution < -0.4 is 4.89 Å². The Hall–Kier alpha value is -2.81. The normalized spacial score (nSPS) is 13.6. The molecule has 0 bridgehead atoms. The summed E-state index contributed by atoms with van der Waals surface area (Å²) in [5.41, 5.74) is 0.